The van der Waals surface area contributed by atoms with Crippen LogP contribution in [0.3, 0.4) is 0 Å². The molecule has 1 fully saturated rings. The molecule has 0 aliphatic carbocycles. The number of hydrogen-bond donors (Lipinski definition) is 1. The quantitative estimate of drug-likeness (QED) is 0.789. The van der Waals surface area contributed by atoms with Crippen LogP contribution in [0.5, 0.6) is 0 Å². The second kappa shape index (κ2) is 8.50. The molecule has 2 aliphatic rings. The molecule has 2 aromatic carbocycles. The molecule has 2 aromatic rings. The molecule has 0 aromatic heterocycles. The van der Waals surface area contributed by atoms with Crippen LogP contribution in [0.15, 0.2) is 58.3 Å². The van der Waals surface area contributed by atoms with Gasteiger partial charge in [-0.3, -0.25) is 4.79 Å². The maximum Gasteiger partial charge on any atom is 0.251 e. The standard InChI is InChI=1S/C22H26N2O3S2/c1-16-7-4-5-13-24(16)29(26,27)18-9-6-8-17(15-18)22(25)23-20-12-14-28-21-11-3-2-10-19(20)21/h2-3,6,8-11,15-16,20H,4-5,7,12-14H2,1H3,(H,23,25)/t16-,20-/m0/s1. The van der Waals surface area contributed by atoms with Gasteiger partial charge in [0, 0.05) is 28.8 Å². The first-order chi connectivity index (χ1) is 14.0. The van der Waals surface area contributed by atoms with Gasteiger partial charge in [-0.15, -0.1) is 11.8 Å². The average Bonchev–Trinajstić information content (AvgIpc) is 2.74. The van der Waals surface area contributed by atoms with Crippen LogP contribution >= 0.6 is 11.8 Å². The van der Waals surface area contributed by atoms with E-state index in [1.807, 2.05) is 25.1 Å². The molecule has 0 radical (unpaired) electrons. The monoisotopic (exact) mass is 430 g/mol. The van der Waals surface area contributed by atoms with Gasteiger partial charge in [-0.2, -0.15) is 4.31 Å². The predicted molar refractivity (Wildman–Crippen MR) is 116 cm³/mol. The van der Waals surface area contributed by atoms with Crippen LogP contribution in [0, 0.1) is 0 Å². The number of amides is 1. The summed E-state index contributed by atoms with van der Waals surface area (Å²) in [5.41, 5.74) is 1.51. The summed E-state index contributed by atoms with van der Waals surface area (Å²) in [6.07, 6.45) is 3.66. The zero-order valence-corrected chi connectivity index (χ0v) is 18.1. The van der Waals surface area contributed by atoms with Crippen molar-refractivity contribution in [3.05, 3.63) is 59.7 Å². The zero-order valence-electron chi connectivity index (χ0n) is 16.5. The molecule has 154 valence electrons. The number of benzene rings is 2. The van der Waals surface area contributed by atoms with Gasteiger partial charge in [0.2, 0.25) is 10.0 Å². The highest BCUT2D eigenvalue weighted by molar-refractivity contribution is 7.99. The Labute approximate surface area is 176 Å². The number of rotatable bonds is 4. The van der Waals surface area contributed by atoms with Crippen molar-refractivity contribution in [2.45, 2.75) is 54.5 Å². The first-order valence-corrected chi connectivity index (χ1v) is 12.5. The van der Waals surface area contributed by atoms with Crippen LogP contribution in [0.1, 0.15) is 54.6 Å². The van der Waals surface area contributed by atoms with E-state index in [0.29, 0.717) is 12.1 Å². The third-order valence-electron chi connectivity index (χ3n) is 5.71. The van der Waals surface area contributed by atoms with Gasteiger partial charge < -0.3 is 5.32 Å². The molecule has 2 aliphatic heterocycles. The summed E-state index contributed by atoms with van der Waals surface area (Å²) in [6.45, 7) is 2.49. The van der Waals surface area contributed by atoms with Crippen molar-refractivity contribution in [3.8, 4) is 0 Å². The minimum absolute atomic E-state index is 0.0116. The molecule has 7 heteroatoms. The molecule has 0 saturated carbocycles. The summed E-state index contributed by atoms with van der Waals surface area (Å²) in [4.78, 5) is 14.3. The molecular formula is C22H26N2O3S2. The van der Waals surface area contributed by atoms with E-state index in [-0.39, 0.29) is 22.9 Å². The highest BCUT2D eigenvalue weighted by Crippen LogP contribution is 2.36. The maximum atomic E-state index is 13.1. The number of hydrogen-bond acceptors (Lipinski definition) is 4. The zero-order chi connectivity index (χ0) is 20.4. The van der Waals surface area contributed by atoms with E-state index in [1.165, 1.54) is 11.0 Å². The van der Waals surface area contributed by atoms with Gasteiger partial charge in [0.25, 0.3) is 5.91 Å². The Kier molecular flexibility index (Phi) is 5.99. The smallest absolute Gasteiger partial charge is 0.251 e. The molecule has 0 bridgehead atoms. The lowest BCUT2D eigenvalue weighted by Gasteiger charge is -2.32. The number of sulfonamides is 1. The van der Waals surface area contributed by atoms with E-state index in [1.54, 1.807) is 34.3 Å². The molecule has 5 nitrogen and oxygen atoms in total. The molecule has 2 heterocycles. The number of piperidine rings is 1. The lowest BCUT2D eigenvalue weighted by Crippen LogP contribution is -2.42. The van der Waals surface area contributed by atoms with Crippen LogP contribution in [0.2, 0.25) is 0 Å². The van der Waals surface area contributed by atoms with Crippen LogP contribution < -0.4 is 5.32 Å². The Morgan fingerprint density at radius 2 is 1.93 bits per heavy atom. The van der Waals surface area contributed by atoms with Crippen molar-refractivity contribution in [3.63, 3.8) is 0 Å². The molecule has 29 heavy (non-hydrogen) atoms. The van der Waals surface area contributed by atoms with Crippen molar-refractivity contribution in [2.75, 3.05) is 12.3 Å². The maximum absolute atomic E-state index is 13.1. The van der Waals surface area contributed by atoms with Gasteiger partial charge in [-0.25, -0.2) is 8.42 Å². The van der Waals surface area contributed by atoms with Crippen molar-refractivity contribution < 1.29 is 13.2 Å². The molecule has 2 atom stereocenters. The van der Waals surface area contributed by atoms with Crippen molar-refractivity contribution in [1.29, 1.82) is 0 Å². The number of fused-ring (bicyclic) bond motifs is 1. The van der Waals surface area contributed by atoms with Crippen LogP contribution in [-0.2, 0) is 10.0 Å². The van der Waals surface area contributed by atoms with Crippen LogP contribution in [0.4, 0.5) is 0 Å². The molecule has 1 saturated heterocycles. The second-order valence-corrected chi connectivity index (χ2v) is 10.7. The van der Waals surface area contributed by atoms with E-state index < -0.39 is 10.0 Å². The number of nitrogens with one attached hydrogen (secondary N) is 1. The first kappa shape index (κ1) is 20.4. The Morgan fingerprint density at radius 1 is 1.10 bits per heavy atom. The molecule has 0 unspecified atom stereocenters. The number of carbonyl (C=O) groups excluding carboxylic acids is 1. The highest BCUT2D eigenvalue weighted by atomic mass is 32.2. The summed E-state index contributed by atoms with van der Waals surface area (Å²) in [5.74, 6) is 0.712. The van der Waals surface area contributed by atoms with Gasteiger partial charge in [0.05, 0.1) is 10.9 Å². The Hall–Kier alpha value is -1.83. The minimum Gasteiger partial charge on any atom is -0.345 e. The Morgan fingerprint density at radius 3 is 2.76 bits per heavy atom. The van der Waals surface area contributed by atoms with Crippen molar-refractivity contribution in [2.24, 2.45) is 0 Å². The van der Waals surface area contributed by atoms with E-state index in [2.05, 4.69) is 11.4 Å². The Balaban J connectivity index is 1.55. The van der Waals surface area contributed by atoms with Crippen molar-refractivity contribution >= 4 is 27.7 Å². The van der Waals surface area contributed by atoms with Gasteiger partial charge >= 0.3 is 0 Å². The van der Waals surface area contributed by atoms with Crippen LogP contribution in [-0.4, -0.2) is 37.0 Å². The summed E-state index contributed by atoms with van der Waals surface area (Å²) in [7, 11) is -3.60. The molecular weight excluding hydrogens is 404 g/mol. The van der Waals surface area contributed by atoms with Gasteiger partial charge in [-0.1, -0.05) is 30.7 Å². The summed E-state index contributed by atoms with van der Waals surface area (Å²) >= 11 is 1.80. The highest BCUT2D eigenvalue weighted by Gasteiger charge is 2.31. The van der Waals surface area contributed by atoms with E-state index in [9.17, 15) is 13.2 Å². The summed E-state index contributed by atoms with van der Waals surface area (Å²) < 4.78 is 27.8. The third-order valence-corrected chi connectivity index (χ3v) is 8.84. The first-order valence-electron chi connectivity index (χ1n) is 10.1. The lowest BCUT2D eigenvalue weighted by atomic mass is 10.0. The van der Waals surface area contributed by atoms with E-state index >= 15 is 0 Å². The summed E-state index contributed by atoms with van der Waals surface area (Å²) in [5, 5.41) is 3.10. The fraction of sp³-hybridized carbons (Fsp3) is 0.409. The topological polar surface area (TPSA) is 66.5 Å². The van der Waals surface area contributed by atoms with E-state index in [0.717, 1.165) is 37.0 Å². The predicted octanol–water partition coefficient (Wildman–Crippen LogP) is 4.22. The largest absolute Gasteiger partial charge is 0.345 e. The fourth-order valence-electron chi connectivity index (χ4n) is 4.10. The molecule has 1 amide bonds. The third kappa shape index (κ3) is 4.22. The SMILES string of the molecule is C[C@H]1CCCCN1S(=O)(=O)c1cccc(C(=O)N[C@H]2CCSc3ccccc32)c1. The fourth-order valence-corrected chi connectivity index (χ4v) is 6.97. The average molecular weight is 431 g/mol. The molecule has 1 N–H and O–H groups in total. The number of thioether (sulfide) groups is 1. The van der Waals surface area contributed by atoms with Crippen LogP contribution in [0.25, 0.3) is 0 Å². The minimum atomic E-state index is -3.60. The normalized spacial score (nSPS) is 22.7. The number of nitrogens with zero attached hydrogens (tertiary/aromatic N) is 1. The summed E-state index contributed by atoms with van der Waals surface area (Å²) in [6, 6.07) is 14.5. The van der Waals surface area contributed by atoms with E-state index in [4.69, 9.17) is 0 Å². The second-order valence-electron chi connectivity index (χ2n) is 7.69. The van der Waals surface area contributed by atoms with Crippen molar-refractivity contribution in [1.82, 2.24) is 9.62 Å². The number of carbonyl (C=O) groups is 1. The lowest BCUT2D eigenvalue weighted by molar-refractivity contribution is 0.0934. The Bertz CT molecular complexity index is 1010. The van der Waals surface area contributed by atoms with Gasteiger partial charge in [0.15, 0.2) is 0 Å². The molecule has 0 spiro atoms. The van der Waals surface area contributed by atoms with Gasteiger partial charge in [0.1, 0.15) is 0 Å². The molecule has 4 rings (SSSR count). The van der Waals surface area contributed by atoms with Gasteiger partial charge in [-0.05, 0) is 56.0 Å².